The minimum Gasteiger partial charge on any atom is -0.480 e. The Balaban J connectivity index is 1.65. The van der Waals surface area contributed by atoms with Crippen LogP contribution in [0, 0.1) is 0 Å². The van der Waals surface area contributed by atoms with Gasteiger partial charge < -0.3 is 10.4 Å². The number of amides is 1. The quantitative estimate of drug-likeness (QED) is 0.773. The number of thiophene rings is 1. The lowest BCUT2D eigenvalue weighted by Gasteiger charge is -2.38. The van der Waals surface area contributed by atoms with Crippen molar-refractivity contribution in [3.8, 4) is 0 Å². The van der Waals surface area contributed by atoms with Gasteiger partial charge in [0.15, 0.2) is 0 Å². The van der Waals surface area contributed by atoms with Crippen molar-refractivity contribution >= 4 is 33.2 Å². The first-order valence-electron chi connectivity index (χ1n) is 8.47. The summed E-state index contributed by atoms with van der Waals surface area (Å²) in [5, 5.41) is 11.9. The van der Waals surface area contributed by atoms with Crippen molar-refractivity contribution in [3.63, 3.8) is 0 Å². The Morgan fingerprint density at radius 3 is 2.40 bits per heavy atom. The molecule has 1 aliphatic carbocycles. The molecule has 0 bridgehead atoms. The number of rotatable bonds is 6. The SMILES string of the molecule is O=C(Cc1ccc(S(=O)(=O)N2CCCCC2)s1)NC1(C(=O)O)CCC1. The van der Waals surface area contributed by atoms with Crippen LogP contribution in [-0.4, -0.2) is 48.3 Å². The van der Waals surface area contributed by atoms with Crippen molar-refractivity contribution in [2.24, 2.45) is 0 Å². The molecule has 2 aliphatic rings. The number of nitrogens with zero attached hydrogens (tertiary/aromatic N) is 1. The van der Waals surface area contributed by atoms with Crippen LogP contribution < -0.4 is 5.32 Å². The van der Waals surface area contributed by atoms with Crippen LogP contribution >= 0.6 is 11.3 Å². The third-order valence-corrected chi connectivity index (χ3v) is 8.33. The van der Waals surface area contributed by atoms with Crippen molar-refractivity contribution < 1.29 is 23.1 Å². The van der Waals surface area contributed by atoms with Gasteiger partial charge in [-0.2, -0.15) is 4.31 Å². The Hall–Kier alpha value is -1.45. The average Bonchev–Trinajstić information content (AvgIpc) is 3.00. The van der Waals surface area contributed by atoms with E-state index in [1.165, 1.54) is 10.4 Å². The third-order valence-electron chi connectivity index (χ3n) is 4.88. The zero-order valence-corrected chi connectivity index (χ0v) is 15.5. The van der Waals surface area contributed by atoms with Crippen LogP contribution in [0.5, 0.6) is 0 Å². The molecule has 0 spiro atoms. The van der Waals surface area contributed by atoms with Crippen molar-refractivity contribution in [1.82, 2.24) is 9.62 Å². The smallest absolute Gasteiger partial charge is 0.329 e. The Morgan fingerprint density at radius 1 is 1.16 bits per heavy atom. The van der Waals surface area contributed by atoms with Crippen LogP contribution in [0.2, 0.25) is 0 Å². The summed E-state index contributed by atoms with van der Waals surface area (Å²) in [5.74, 6) is -1.39. The van der Waals surface area contributed by atoms with Gasteiger partial charge in [0.05, 0.1) is 6.42 Å². The lowest BCUT2D eigenvalue weighted by Crippen LogP contribution is -2.59. The molecule has 1 aromatic rings. The number of hydrogen-bond donors (Lipinski definition) is 2. The normalized spacial score (nSPS) is 20.6. The van der Waals surface area contributed by atoms with Gasteiger partial charge >= 0.3 is 5.97 Å². The molecule has 2 fully saturated rings. The molecule has 0 aromatic carbocycles. The Morgan fingerprint density at radius 2 is 1.84 bits per heavy atom. The second kappa shape index (κ2) is 7.05. The number of piperidine rings is 1. The van der Waals surface area contributed by atoms with Crippen LogP contribution in [0.4, 0.5) is 0 Å². The molecule has 0 unspecified atom stereocenters. The molecule has 25 heavy (non-hydrogen) atoms. The van der Waals surface area contributed by atoms with E-state index in [9.17, 15) is 23.1 Å². The molecule has 1 aliphatic heterocycles. The summed E-state index contributed by atoms with van der Waals surface area (Å²) < 4.78 is 27.0. The highest BCUT2D eigenvalue weighted by Gasteiger charge is 2.45. The second-order valence-corrected chi connectivity index (χ2v) is 9.98. The molecule has 0 atom stereocenters. The standard InChI is InChI=1S/C16H22N2O5S2/c19-13(17-16(15(20)21)7-4-8-16)11-12-5-6-14(24-12)25(22,23)18-9-2-1-3-10-18/h5-6H,1-4,7-11H2,(H,17,19)(H,20,21). The molecule has 138 valence electrons. The third kappa shape index (κ3) is 3.73. The van der Waals surface area contributed by atoms with E-state index >= 15 is 0 Å². The highest BCUT2D eigenvalue weighted by atomic mass is 32.2. The van der Waals surface area contributed by atoms with Gasteiger partial charge in [-0.1, -0.05) is 6.42 Å². The summed E-state index contributed by atoms with van der Waals surface area (Å²) in [6.07, 6.45) is 4.45. The van der Waals surface area contributed by atoms with Crippen molar-refractivity contribution in [3.05, 3.63) is 17.0 Å². The van der Waals surface area contributed by atoms with Gasteiger partial charge in [-0.25, -0.2) is 13.2 Å². The van der Waals surface area contributed by atoms with Crippen LogP contribution in [-0.2, 0) is 26.0 Å². The van der Waals surface area contributed by atoms with Crippen LogP contribution in [0.15, 0.2) is 16.3 Å². The molecular formula is C16H22N2O5S2. The maximum absolute atomic E-state index is 12.6. The second-order valence-electron chi connectivity index (χ2n) is 6.65. The molecule has 1 saturated carbocycles. The average molecular weight is 386 g/mol. The van der Waals surface area contributed by atoms with E-state index in [1.54, 1.807) is 6.07 Å². The fourth-order valence-electron chi connectivity index (χ4n) is 3.22. The lowest BCUT2D eigenvalue weighted by molar-refractivity contribution is -0.151. The zero-order valence-electron chi connectivity index (χ0n) is 13.9. The fraction of sp³-hybridized carbons (Fsp3) is 0.625. The van der Waals surface area contributed by atoms with Gasteiger partial charge in [0.25, 0.3) is 10.0 Å². The first-order chi connectivity index (χ1) is 11.8. The number of carbonyl (C=O) groups excluding carboxylic acids is 1. The largest absolute Gasteiger partial charge is 0.480 e. The summed E-state index contributed by atoms with van der Waals surface area (Å²) in [6.45, 7) is 1.08. The highest BCUT2D eigenvalue weighted by molar-refractivity contribution is 7.91. The number of sulfonamides is 1. The molecule has 3 rings (SSSR count). The Labute approximate surface area is 151 Å². The Bertz CT molecular complexity index is 761. The molecule has 1 amide bonds. The summed E-state index contributed by atoms with van der Waals surface area (Å²) in [5.41, 5.74) is -1.14. The van der Waals surface area contributed by atoms with E-state index in [0.717, 1.165) is 37.0 Å². The number of aliphatic carboxylic acids is 1. The van der Waals surface area contributed by atoms with Gasteiger partial charge in [-0.3, -0.25) is 4.79 Å². The van der Waals surface area contributed by atoms with Gasteiger partial charge in [0.2, 0.25) is 5.91 Å². The van der Waals surface area contributed by atoms with Crippen molar-refractivity contribution in [2.45, 2.75) is 54.7 Å². The molecule has 2 heterocycles. The first-order valence-corrected chi connectivity index (χ1v) is 10.7. The van der Waals surface area contributed by atoms with E-state index < -0.39 is 21.5 Å². The maximum Gasteiger partial charge on any atom is 0.329 e. The summed E-state index contributed by atoms with van der Waals surface area (Å²) in [4.78, 5) is 24.1. The predicted molar refractivity (Wildman–Crippen MR) is 93.0 cm³/mol. The van der Waals surface area contributed by atoms with Crippen molar-refractivity contribution in [1.29, 1.82) is 0 Å². The molecule has 0 radical (unpaired) electrons. The van der Waals surface area contributed by atoms with Gasteiger partial charge in [0, 0.05) is 18.0 Å². The van der Waals surface area contributed by atoms with E-state index in [1.807, 2.05) is 0 Å². The number of nitrogens with one attached hydrogen (secondary N) is 1. The number of carbonyl (C=O) groups is 2. The Kier molecular flexibility index (Phi) is 5.17. The lowest BCUT2D eigenvalue weighted by atomic mass is 9.76. The predicted octanol–water partition coefficient (Wildman–Crippen LogP) is 1.59. The fourth-order valence-corrected chi connectivity index (χ4v) is 6.24. The molecule has 2 N–H and O–H groups in total. The summed E-state index contributed by atoms with van der Waals surface area (Å²) >= 11 is 1.08. The van der Waals surface area contributed by atoms with Crippen LogP contribution in [0.3, 0.4) is 0 Å². The number of hydrogen-bond acceptors (Lipinski definition) is 5. The zero-order chi connectivity index (χ0) is 18.1. The van der Waals surface area contributed by atoms with Crippen LogP contribution in [0.25, 0.3) is 0 Å². The van der Waals surface area contributed by atoms with Gasteiger partial charge in [-0.15, -0.1) is 11.3 Å². The minimum absolute atomic E-state index is 0.00475. The molecule has 9 heteroatoms. The maximum atomic E-state index is 12.6. The molecule has 7 nitrogen and oxygen atoms in total. The van der Waals surface area contributed by atoms with Crippen molar-refractivity contribution in [2.75, 3.05) is 13.1 Å². The van der Waals surface area contributed by atoms with E-state index in [0.29, 0.717) is 30.8 Å². The highest BCUT2D eigenvalue weighted by Crippen LogP contribution is 2.32. The summed E-state index contributed by atoms with van der Waals surface area (Å²) in [7, 11) is -3.49. The molecule has 1 aromatic heterocycles. The monoisotopic (exact) mass is 386 g/mol. The minimum atomic E-state index is -3.49. The first kappa shape index (κ1) is 18.3. The van der Waals surface area contributed by atoms with E-state index in [4.69, 9.17) is 0 Å². The van der Waals surface area contributed by atoms with Gasteiger partial charge in [-0.05, 0) is 44.2 Å². The number of carboxylic acids is 1. The molecule has 1 saturated heterocycles. The van der Waals surface area contributed by atoms with E-state index in [-0.39, 0.29) is 16.5 Å². The summed E-state index contributed by atoms with van der Waals surface area (Å²) in [6, 6.07) is 3.17. The topological polar surface area (TPSA) is 104 Å². The van der Waals surface area contributed by atoms with E-state index in [2.05, 4.69) is 5.32 Å². The molecular weight excluding hydrogens is 364 g/mol. The van der Waals surface area contributed by atoms with Gasteiger partial charge in [0.1, 0.15) is 9.75 Å². The van der Waals surface area contributed by atoms with Crippen LogP contribution in [0.1, 0.15) is 43.4 Å². The number of carboxylic acid groups (broad SMARTS) is 1.